The van der Waals surface area contributed by atoms with Crippen LogP contribution in [0.1, 0.15) is 42.6 Å². The lowest BCUT2D eigenvalue weighted by atomic mass is 9.77. The van der Waals surface area contributed by atoms with Crippen LogP contribution in [0.4, 0.5) is 5.69 Å². The van der Waals surface area contributed by atoms with Gasteiger partial charge in [0.2, 0.25) is 0 Å². The molecule has 0 aromatic heterocycles. The molecule has 2 aliphatic heterocycles. The molecular weight excluding hydrogens is 378 g/mol. The third-order valence-electron chi connectivity index (χ3n) is 5.97. The number of nitriles is 1. The van der Waals surface area contributed by atoms with E-state index in [1.807, 2.05) is 38.1 Å². The van der Waals surface area contributed by atoms with E-state index in [9.17, 15) is 14.9 Å². The molecule has 1 saturated heterocycles. The van der Waals surface area contributed by atoms with Crippen LogP contribution in [0.5, 0.6) is 5.75 Å². The molecule has 2 atom stereocenters. The Morgan fingerprint density at radius 1 is 1.20 bits per heavy atom. The van der Waals surface area contributed by atoms with Gasteiger partial charge in [0.25, 0.3) is 11.8 Å². The Labute approximate surface area is 176 Å². The van der Waals surface area contributed by atoms with Crippen LogP contribution >= 0.6 is 0 Å². The highest BCUT2D eigenvalue weighted by Gasteiger charge is 2.40. The quantitative estimate of drug-likeness (QED) is 0.845. The first-order valence-corrected chi connectivity index (χ1v) is 10.2. The Kier molecular flexibility index (Phi) is 5.21. The predicted octanol–water partition coefficient (Wildman–Crippen LogP) is 3.78. The van der Waals surface area contributed by atoms with Crippen molar-refractivity contribution < 1.29 is 14.3 Å². The summed E-state index contributed by atoms with van der Waals surface area (Å²) in [6, 6.07) is 16.3. The van der Waals surface area contributed by atoms with Gasteiger partial charge < -0.3 is 15.0 Å². The van der Waals surface area contributed by atoms with E-state index in [2.05, 4.69) is 11.4 Å². The number of anilines is 1. The molecule has 1 N–H and O–H groups in total. The molecular formula is C24H25N3O3. The molecule has 1 fully saturated rings. The standard InChI is InChI=1S/C24H25N3O3/c1-24(2)11-6-12-27(21(24)15-25)23(29)17-8-5-9-18(13-17)26-22(28)20-14-16-7-3-4-10-19(16)30-20/h3-5,7-10,13,20-21H,6,11-12,14H2,1-2H3,(H,26,28)/t20-,21+/m0/s1. The lowest BCUT2D eigenvalue weighted by molar-refractivity contribution is -0.122. The van der Waals surface area contributed by atoms with Crippen molar-refractivity contribution in [2.45, 2.75) is 45.3 Å². The first kappa shape index (κ1) is 20.0. The van der Waals surface area contributed by atoms with E-state index in [1.54, 1.807) is 29.2 Å². The zero-order valence-corrected chi connectivity index (χ0v) is 17.2. The molecule has 2 aliphatic rings. The van der Waals surface area contributed by atoms with Crippen LogP contribution in [0.25, 0.3) is 0 Å². The average Bonchev–Trinajstić information content (AvgIpc) is 3.17. The van der Waals surface area contributed by atoms with Gasteiger partial charge in [0.15, 0.2) is 6.10 Å². The Bertz CT molecular complexity index is 999. The third kappa shape index (κ3) is 3.76. The number of para-hydroxylation sites is 1. The molecule has 154 valence electrons. The second-order valence-electron chi connectivity index (χ2n) is 8.61. The first-order valence-electron chi connectivity index (χ1n) is 10.2. The fraction of sp³-hybridized carbons (Fsp3) is 0.375. The minimum atomic E-state index is -0.590. The Morgan fingerprint density at radius 2 is 2.00 bits per heavy atom. The average molecular weight is 403 g/mol. The van der Waals surface area contributed by atoms with E-state index >= 15 is 0 Å². The molecule has 0 spiro atoms. The molecule has 6 nitrogen and oxygen atoms in total. The van der Waals surface area contributed by atoms with Crippen molar-refractivity contribution in [2.24, 2.45) is 5.41 Å². The highest BCUT2D eigenvalue weighted by atomic mass is 16.5. The van der Waals surface area contributed by atoms with Crippen molar-refractivity contribution in [1.82, 2.24) is 4.90 Å². The second-order valence-corrected chi connectivity index (χ2v) is 8.61. The maximum absolute atomic E-state index is 13.1. The summed E-state index contributed by atoms with van der Waals surface area (Å²) in [6.45, 7) is 4.61. The number of amides is 2. The molecule has 4 rings (SSSR count). The number of fused-ring (bicyclic) bond motifs is 1. The summed E-state index contributed by atoms with van der Waals surface area (Å²) in [7, 11) is 0. The van der Waals surface area contributed by atoms with E-state index in [1.165, 1.54) is 0 Å². The summed E-state index contributed by atoms with van der Waals surface area (Å²) >= 11 is 0. The smallest absolute Gasteiger partial charge is 0.265 e. The molecule has 2 heterocycles. The number of ether oxygens (including phenoxy) is 1. The first-order chi connectivity index (χ1) is 14.4. The number of likely N-dealkylation sites (tertiary alicyclic amines) is 1. The highest BCUT2D eigenvalue weighted by Crippen LogP contribution is 2.35. The predicted molar refractivity (Wildman–Crippen MR) is 113 cm³/mol. The number of carbonyl (C=O) groups excluding carboxylic acids is 2. The minimum Gasteiger partial charge on any atom is -0.480 e. The molecule has 0 radical (unpaired) electrons. The molecule has 2 aromatic carbocycles. The zero-order valence-electron chi connectivity index (χ0n) is 17.2. The van der Waals surface area contributed by atoms with Crippen molar-refractivity contribution in [1.29, 1.82) is 5.26 Å². The maximum atomic E-state index is 13.1. The van der Waals surface area contributed by atoms with Crippen LogP contribution in [-0.2, 0) is 11.2 Å². The SMILES string of the molecule is CC1(C)CCCN(C(=O)c2cccc(NC(=O)[C@@H]3Cc4ccccc4O3)c2)[C@@H]1C#N. The highest BCUT2D eigenvalue weighted by molar-refractivity contribution is 5.99. The van der Waals surface area contributed by atoms with Gasteiger partial charge in [0.05, 0.1) is 6.07 Å². The number of nitrogens with zero attached hydrogens (tertiary/aromatic N) is 2. The summed E-state index contributed by atoms with van der Waals surface area (Å²) in [5.74, 6) is 0.302. The van der Waals surface area contributed by atoms with Crippen LogP contribution < -0.4 is 10.1 Å². The molecule has 0 unspecified atom stereocenters. The van der Waals surface area contributed by atoms with E-state index in [4.69, 9.17) is 4.74 Å². The monoisotopic (exact) mass is 403 g/mol. The van der Waals surface area contributed by atoms with E-state index in [0.717, 1.165) is 24.2 Å². The number of piperidine rings is 1. The van der Waals surface area contributed by atoms with Gasteiger partial charge >= 0.3 is 0 Å². The van der Waals surface area contributed by atoms with Gasteiger partial charge in [0, 0.05) is 24.2 Å². The Balaban J connectivity index is 1.47. The molecule has 2 amide bonds. The van der Waals surface area contributed by atoms with Gasteiger partial charge in [-0.25, -0.2) is 0 Å². The van der Waals surface area contributed by atoms with Crippen LogP contribution in [0.15, 0.2) is 48.5 Å². The summed E-state index contributed by atoms with van der Waals surface area (Å²) in [5, 5.41) is 12.5. The molecule has 6 heteroatoms. The maximum Gasteiger partial charge on any atom is 0.265 e. The molecule has 0 saturated carbocycles. The number of carbonyl (C=O) groups is 2. The summed E-state index contributed by atoms with van der Waals surface area (Å²) in [5.41, 5.74) is 1.76. The second kappa shape index (κ2) is 7.83. The lowest BCUT2D eigenvalue weighted by Gasteiger charge is -2.42. The molecule has 30 heavy (non-hydrogen) atoms. The van der Waals surface area contributed by atoms with Gasteiger partial charge in [-0.15, -0.1) is 0 Å². The fourth-order valence-corrected chi connectivity index (χ4v) is 4.30. The van der Waals surface area contributed by atoms with Crippen LogP contribution in [0, 0.1) is 16.7 Å². The number of rotatable bonds is 3. The minimum absolute atomic E-state index is 0.185. The van der Waals surface area contributed by atoms with Crippen LogP contribution in [-0.4, -0.2) is 35.4 Å². The van der Waals surface area contributed by atoms with Gasteiger partial charge in [-0.3, -0.25) is 9.59 Å². The largest absolute Gasteiger partial charge is 0.480 e. The van der Waals surface area contributed by atoms with Crippen molar-refractivity contribution in [2.75, 3.05) is 11.9 Å². The normalized spacial score (nSPS) is 21.8. The molecule has 0 aliphatic carbocycles. The number of benzene rings is 2. The van der Waals surface area contributed by atoms with Crippen molar-refractivity contribution in [3.63, 3.8) is 0 Å². The summed E-state index contributed by atoms with van der Waals surface area (Å²) in [6.07, 6.45) is 1.71. The summed E-state index contributed by atoms with van der Waals surface area (Å²) in [4.78, 5) is 27.5. The zero-order chi connectivity index (χ0) is 21.3. The van der Waals surface area contributed by atoms with Crippen molar-refractivity contribution >= 4 is 17.5 Å². The third-order valence-corrected chi connectivity index (χ3v) is 5.97. The number of nitrogens with one attached hydrogen (secondary N) is 1. The molecule has 2 aromatic rings. The van der Waals surface area contributed by atoms with E-state index in [-0.39, 0.29) is 17.2 Å². The number of hydrogen-bond donors (Lipinski definition) is 1. The lowest BCUT2D eigenvalue weighted by Crippen LogP contribution is -2.51. The molecule has 0 bridgehead atoms. The number of hydrogen-bond acceptors (Lipinski definition) is 4. The summed E-state index contributed by atoms with van der Waals surface area (Å²) < 4.78 is 5.74. The van der Waals surface area contributed by atoms with E-state index in [0.29, 0.717) is 24.2 Å². The Hall–Kier alpha value is -3.33. The van der Waals surface area contributed by atoms with Gasteiger partial charge in [-0.1, -0.05) is 38.1 Å². The van der Waals surface area contributed by atoms with E-state index < -0.39 is 12.1 Å². The van der Waals surface area contributed by atoms with Gasteiger partial charge in [-0.05, 0) is 48.1 Å². The van der Waals surface area contributed by atoms with Gasteiger partial charge in [0.1, 0.15) is 11.8 Å². The Morgan fingerprint density at radius 3 is 2.77 bits per heavy atom. The topological polar surface area (TPSA) is 82.4 Å². The van der Waals surface area contributed by atoms with Crippen LogP contribution in [0.2, 0.25) is 0 Å². The van der Waals surface area contributed by atoms with Crippen molar-refractivity contribution in [3.05, 3.63) is 59.7 Å². The fourth-order valence-electron chi connectivity index (χ4n) is 4.30. The van der Waals surface area contributed by atoms with Crippen LogP contribution in [0.3, 0.4) is 0 Å². The van der Waals surface area contributed by atoms with Crippen molar-refractivity contribution in [3.8, 4) is 11.8 Å². The van der Waals surface area contributed by atoms with Gasteiger partial charge in [-0.2, -0.15) is 5.26 Å².